The van der Waals surface area contributed by atoms with Crippen molar-refractivity contribution in [2.24, 2.45) is 5.73 Å². The second kappa shape index (κ2) is 2.37. The molecule has 0 bridgehead atoms. The van der Waals surface area contributed by atoms with E-state index in [1.807, 2.05) is 12.1 Å². The number of nitrogens with two attached hydrogens (primary N) is 1. The zero-order valence-corrected chi connectivity index (χ0v) is 6.45. The molecule has 2 rings (SSSR count). The molecule has 3 heteroatoms. The topological polar surface area (TPSA) is 52.0 Å². The van der Waals surface area contributed by atoms with Crippen LogP contribution in [0.2, 0.25) is 0 Å². The fourth-order valence-electron chi connectivity index (χ4n) is 1.04. The van der Waals surface area contributed by atoms with E-state index in [2.05, 4.69) is 11.6 Å². The molecule has 0 amide bonds. The zero-order chi connectivity index (χ0) is 8.55. The summed E-state index contributed by atoms with van der Waals surface area (Å²) >= 11 is 0. The average molecular weight is 160 g/mol. The molecule has 0 spiro atoms. The molecule has 0 radical (unpaired) electrons. The average Bonchev–Trinajstić information content (AvgIpc) is 2.46. The third kappa shape index (κ3) is 0.955. The summed E-state index contributed by atoms with van der Waals surface area (Å²) in [6.07, 6.45) is 3.36. The van der Waals surface area contributed by atoms with E-state index in [1.54, 1.807) is 12.4 Å². The second-order valence-corrected chi connectivity index (χ2v) is 2.55. The van der Waals surface area contributed by atoms with Crippen LogP contribution >= 0.6 is 0 Å². The lowest BCUT2D eigenvalue weighted by Crippen LogP contribution is -1.89. The molecule has 0 aliphatic carbocycles. The van der Waals surface area contributed by atoms with Crippen molar-refractivity contribution in [3.05, 3.63) is 36.9 Å². The highest BCUT2D eigenvalue weighted by Crippen LogP contribution is 2.20. The number of hydrogen-bond acceptors (Lipinski definition) is 3. The van der Waals surface area contributed by atoms with Crippen LogP contribution in [0.3, 0.4) is 0 Å². The first-order valence-electron chi connectivity index (χ1n) is 3.55. The van der Waals surface area contributed by atoms with Crippen molar-refractivity contribution in [2.75, 3.05) is 0 Å². The van der Waals surface area contributed by atoms with Crippen LogP contribution in [-0.4, -0.2) is 4.98 Å². The van der Waals surface area contributed by atoms with Crippen LogP contribution in [-0.2, 0) is 0 Å². The van der Waals surface area contributed by atoms with Gasteiger partial charge in [0.25, 0.3) is 0 Å². The number of rotatable bonds is 1. The van der Waals surface area contributed by atoms with Gasteiger partial charge in [-0.1, -0.05) is 6.58 Å². The fraction of sp³-hybridized carbons (Fsp3) is 0. The number of furan rings is 1. The molecule has 2 aromatic heterocycles. The number of hydrogen-bond donors (Lipinski definition) is 1. The first-order chi connectivity index (χ1) is 5.77. The van der Waals surface area contributed by atoms with Crippen LogP contribution in [0.5, 0.6) is 0 Å². The third-order valence-corrected chi connectivity index (χ3v) is 1.64. The van der Waals surface area contributed by atoms with Gasteiger partial charge < -0.3 is 10.2 Å². The van der Waals surface area contributed by atoms with Gasteiger partial charge in [0.15, 0.2) is 11.3 Å². The van der Waals surface area contributed by atoms with Crippen LogP contribution in [0, 0.1) is 0 Å². The van der Waals surface area contributed by atoms with Gasteiger partial charge in [0.05, 0.1) is 11.9 Å². The Bertz CT molecular complexity index is 398. The highest BCUT2D eigenvalue weighted by molar-refractivity contribution is 5.80. The molecule has 0 fully saturated rings. The molecule has 2 aromatic rings. The summed E-state index contributed by atoms with van der Waals surface area (Å²) < 4.78 is 5.34. The number of nitrogens with zero attached hydrogens (tertiary/aromatic N) is 1. The quantitative estimate of drug-likeness (QED) is 0.691. The van der Waals surface area contributed by atoms with Crippen LogP contribution in [0.25, 0.3) is 16.7 Å². The highest BCUT2D eigenvalue weighted by atomic mass is 16.3. The van der Waals surface area contributed by atoms with E-state index in [1.165, 1.54) is 0 Å². The van der Waals surface area contributed by atoms with E-state index >= 15 is 0 Å². The zero-order valence-electron chi connectivity index (χ0n) is 6.45. The van der Waals surface area contributed by atoms with E-state index < -0.39 is 0 Å². The van der Waals surface area contributed by atoms with Crippen molar-refractivity contribution in [1.82, 2.24) is 4.98 Å². The molecule has 0 unspecified atom stereocenters. The van der Waals surface area contributed by atoms with Gasteiger partial charge in [-0.2, -0.15) is 0 Å². The normalized spacial score (nSPS) is 10.3. The molecule has 3 nitrogen and oxygen atoms in total. The largest absolute Gasteiger partial charge is 0.453 e. The molecule has 2 N–H and O–H groups in total. The molecule has 0 atom stereocenters. The lowest BCUT2D eigenvalue weighted by molar-refractivity contribution is 0.597. The Morgan fingerprint density at radius 2 is 2.42 bits per heavy atom. The molecule has 0 saturated heterocycles. The fourth-order valence-corrected chi connectivity index (χ4v) is 1.04. The van der Waals surface area contributed by atoms with Gasteiger partial charge in [0.2, 0.25) is 0 Å². The minimum atomic E-state index is 0.436. The first-order valence-corrected chi connectivity index (χ1v) is 3.55. The Kier molecular flexibility index (Phi) is 1.37. The van der Waals surface area contributed by atoms with E-state index in [-0.39, 0.29) is 0 Å². The summed E-state index contributed by atoms with van der Waals surface area (Å²) in [6, 6.07) is 3.71. The second-order valence-electron chi connectivity index (χ2n) is 2.55. The Morgan fingerprint density at radius 3 is 3.08 bits per heavy atom. The van der Waals surface area contributed by atoms with Crippen LogP contribution in [0.15, 0.2) is 35.5 Å². The summed E-state index contributed by atoms with van der Waals surface area (Å²) in [5.74, 6) is 0.609. The van der Waals surface area contributed by atoms with Crippen LogP contribution in [0.4, 0.5) is 0 Å². The van der Waals surface area contributed by atoms with E-state index in [0.717, 1.165) is 11.0 Å². The van der Waals surface area contributed by atoms with Crippen molar-refractivity contribution in [3.8, 4) is 0 Å². The number of aromatic nitrogens is 1. The van der Waals surface area contributed by atoms with E-state index in [4.69, 9.17) is 10.2 Å². The van der Waals surface area contributed by atoms with Gasteiger partial charge in [-0.25, -0.2) is 0 Å². The molecule has 60 valence electrons. The number of fused-ring (bicyclic) bond motifs is 1. The minimum Gasteiger partial charge on any atom is -0.453 e. The van der Waals surface area contributed by atoms with Crippen molar-refractivity contribution >= 4 is 16.7 Å². The van der Waals surface area contributed by atoms with Gasteiger partial charge in [-0.15, -0.1) is 0 Å². The SMILES string of the molecule is C=C(N)c1cc2ccncc2o1. The Labute approximate surface area is 69.5 Å². The number of pyridine rings is 1. The van der Waals surface area contributed by atoms with E-state index in [9.17, 15) is 0 Å². The highest BCUT2D eigenvalue weighted by Gasteiger charge is 2.02. The Hall–Kier alpha value is -1.77. The summed E-state index contributed by atoms with van der Waals surface area (Å²) in [4.78, 5) is 3.92. The summed E-state index contributed by atoms with van der Waals surface area (Å²) in [6.45, 7) is 3.58. The van der Waals surface area contributed by atoms with Crippen molar-refractivity contribution in [3.63, 3.8) is 0 Å². The van der Waals surface area contributed by atoms with Crippen molar-refractivity contribution < 1.29 is 4.42 Å². The van der Waals surface area contributed by atoms with Gasteiger partial charge in [-0.3, -0.25) is 4.98 Å². The monoisotopic (exact) mass is 160 g/mol. The predicted molar refractivity (Wildman–Crippen MR) is 47.2 cm³/mol. The van der Waals surface area contributed by atoms with Crippen molar-refractivity contribution in [1.29, 1.82) is 0 Å². The molecule has 0 aliphatic rings. The van der Waals surface area contributed by atoms with Crippen molar-refractivity contribution in [2.45, 2.75) is 0 Å². The molecule has 2 heterocycles. The maximum atomic E-state index is 5.47. The Morgan fingerprint density at radius 1 is 1.58 bits per heavy atom. The first kappa shape index (κ1) is 6.91. The molecule has 12 heavy (non-hydrogen) atoms. The van der Waals surface area contributed by atoms with E-state index in [0.29, 0.717) is 11.5 Å². The molecule has 0 saturated carbocycles. The predicted octanol–water partition coefficient (Wildman–Crippen LogP) is 1.76. The summed E-state index contributed by atoms with van der Waals surface area (Å²) in [7, 11) is 0. The molecule has 0 aliphatic heterocycles. The standard InChI is InChI=1S/C9H8N2O/c1-6(10)8-4-7-2-3-11-5-9(7)12-8/h2-5H,1,10H2. The maximum Gasteiger partial charge on any atom is 0.153 e. The maximum absolute atomic E-state index is 5.47. The van der Waals surface area contributed by atoms with Gasteiger partial charge in [0.1, 0.15) is 0 Å². The molecule has 0 aromatic carbocycles. The molecular formula is C9H8N2O. The van der Waals surface area contributed by atoms with Crippen LogP contribution in [0.1, 0.15) is 5.76 Å². The lowest BCUT2D eigenvalue weighted by atomic mass is 10.3. The smallest absolute Gasteiger partial charge is 0.153 e. The Balaban J connectivity index is 2.70. The van der Waals surface area contributed by atoms with Gasteiger partial charge in [0, 0.05) is 11.6 Å². The van der Waals surface area contributed by atoms with Gasteiger partial charge in [-0.05, 0) is 12.1 Å². The lowest BCUT2D eigenvalue weighted by Gasteiger charge is -1.88. The third-order valence-electron chi connectivity index (χ3n) is 1.64. The van der Waals surface area contributed by atoms with Crippen LogP contribution < -0.4 is 5.73 Å². The summed E-state index contributed by atoms with van der Waals surface area (Å²) in [5, 5.41) is 0.992. The summed E-state index contributed by atoms with van der Waals surface area (Å²) in [5.41, 5.74) is 6.64. The van der Waals surface area contributed by atoms with Gasteiger partial charge >= 0.3 is 0 Å². The molecular weight excluding hydrogens is 152 g/mol. The minimum absolute atomic E-state index is 0.436.